The minimum Gasteiger partial charge on any atom is -0.481 e. The highest BCUT2D eigenvalue weighted by Gasteiger charge is 2.18. The fraction of sp³-hybridized carbons (Fsp3) is 0.421. The molecule has 0 radical (unpaired) electrons. The summed E-state index contributed by atoms with van der Waals surface area (Å²) in [6.07, 6.45) is 3.36. The number of likely N-dealkylation sites (N-methyl/N-ethyl adjacent to an activating group) is 1. The first-order valence-electron chi connectivity index (χ1n) is 8.47. The molecule has 1 atom stereocenters. The third-order valence-corrected chi connectivity index (χ3v) is 4.12. The second kappa shape index (κ2) is 8.62. The highest BCUT2D eigenvalue weighted by atomic mass is 16.5. The Hall–Kier alpha value is -2.67. The Balaban J connectivity index is 2.21. The van der Waals surface area contributed by atoms with Crippen LogP contribution in [0.3, 0.4) is 0 Å². The Morgan fingerprint density at radius 1 is 1.38 bits per heavy atom. The van der Waals surface area contributed by atoms with E-state index in [0.29, 0.717) is 24.5 Å². The zero-order chi connectivity index (χ0) is 19.3. The Kier molecular flexibility index (Phi) is 6.52. The van der Waals surface area contributed by atoms with Crippen LogP contribution in [-0.2, 0) is 6.54 Å². The third kappa shape index (κ3) is 4.70. The van der Waals surface area contributed by atoms with Crippen LogP contribution in [0.4, 0.5) is 0 Å². The number of hydrogen-bond donors (Lipinski definition) is 1. The molecular weight excluding hydrogens is 332 g/mol. The van der Waals surface area contributed by atoms with E-state index < -0.39 is 0 Å². The van der Waals surface area contributed by atoms with Crippen LogP contribution in [0.5, 0.6) is 5.88 Å². The maximum Gasteiger partial charge on any atom is 0.263 e. The summed E-state index contributed by atoms with van der Waals surface area (Å²) in [4.78, 5) is 31.5. The van der Waals surface area contributed by atoms with E-state index >= 15 is 0 Å². The first kappa shape index (κ1) is 19.7. The van der Waals surface area contributed by atoms with E-state index in [4.69, 9.17) is 4.74 Å². The molecule has 0 aliphatic carbocycles. The normalized spacial score (nSPS) is 12.1. The summed E-state index contributed by atoms with van der Waals surface area (Å²) in [5.41, 5.74) is 1.41. The SMILES string of the molecule is COc1cc(CNC(=O)c2c(C)ccn(C(C)CN(C)C)c2=O)ccn1. The number of hydrogen-bond acceptors (Lipinski definition) is 5. The van der Waals surface area contributed by atoms with Crippen molar-refractivity contribution < 1.29 is 9.53 Å². The van der Waals surface area contributed by atoms with Gasteiger partial charge in [-0.1, -0.05) is 0 Å². The molecule has 0 bridgehead atoms. The number of amides is 1. The molecule has 0 saturated carbocycles. The van der Waals surface area contributed by atoms with E-state index in [2.05, 4.69) is 10.3 Å². The van der Waals surface area contributed by atoms with Crippen LogP contribution < -0.4 is 15.6 Å². The Labute approximate surface area is 153 Å². The number of rotatable bonds is 7. The highest BCUT2D eigenvalue weighted by Crippen LogP contribution is 2.10. The van der Waals surface area contributed by atoms with Crippen LogP contribution in [-0.4, -0.2) is 48.1 Å². The van der Waals surface area contributed by atoms with Crippen molar-refractivity contribution in [2.75, 3.05) is 27.7 Å². The molecule has 2 aromatic heterocycles. The lowest BCUT2D eigenvalue weighted by molar-refractivity contribution is 0.0948. The predicted molar refractivity (Wildman–Crippen MR) is 101 cm³/mol. The van der Waals surface area contributed by atoms with Gasteiger partial charge in [-0.15, -0.1) is 0 Å². The number of methoxy groups -OCH3 is 1. The molecule has 0 fully saturated rings. The Morgan fingerprint density at radius 2 is 2.12 bits per heavy atom. The smallest absolute Gasteiger partial charge is 0.263 e. The number of pyridine rings is 2. The van der Waals surface area contributed by atoms with Crippen molar-refractivity contribution in [3.8, 4) is 5.88 Å². The molecule has 0 spiro atoms. The zero-order valence-electron chi connectivity index (χ0n) is 15.9. The summed E-state index contributed by atoms with van der Waals surface area (Å²) < 4.78 is 6.69. The molecule has 0 saturated heterocycles. The van der Waals surface area contributed by atoms with E-state index in [9.17, 15) is 9.59 Å². The lowest BCUT2D eigenvalue weighted by Gasteiger charge is -2.20. The average molecular weight is 358 g/mol. The molecule has 1 N–H and O–H groups in total. The number of nitrogens with one attached hydrogen (secondary N) is 1. The first-order valence-corrected chi connectivity index (χ1v) is 8.47. The quantitative estimate of drug-likeness (QED) is 0.814. The minimum absolute atomic E-state index is 0.0332. The number of carbonyl (C=O) groups excluding carboxylic acids is 1. The van der Waals surface area contributed by atoms with Crippen LogP contribution in [0.15, 0.2) is 35.4 Å². The summed E-state index contributed by atoms with van der Waals surface area (Å²) in [5.74, 6) is 0.0992. The Bertz CT molecular complexity index is 830. The number of aryl methyl sites for hydroxylation is 1. The summed E-state index contributed by atoms with van der Waals surface area (Å²) in [7, 11) is 5.44. The second-order valence-corrected chi connectivity index (χ2v) is 6.59. The monoisotopic (exact) mass is 358 g/mol. The number of carbonyl (C=O) groups is 1. The van der Waals surface area contributed by atoms with Gasteiger partial charge in [-0.05, 0) is 51.2 Å². The van der Waals surface area contributed by atoms with Gasteiger partial charge >= 0.3 is 0 Å². The highest BCUT2D eigenvalue weighted by molar-refractivity contribution is 5.95. The van der Waals surface area contributed by atoms with Crippen molar-refractivity contribution in [2.45, 2.75) is 26.4 Å². The molecule has 7 heteroatoms. The topological polar surface area (TPSA) is 76.5 Å². The van der Waals surface area contributed by atoms with Crippen molar-refractivity contribution in [1.82, 2.24) is 19.8 Å². The predicted octanol–water partition coefficient (Wildman–Crippen LogP) is 1.61. The molecule has 2 aromatic rings. The standard InChI is InChI=1S/C19H26N4O3/c1-13-7-9-23(14(2)12-22(3)4)19(25)17(13)18(24)21-11-15-6-8-20-16(10-15)26-5/h6-10,14H,11-12H2,1-5H3,(H,21,24). The number of ether oxygens (including phenoxy) is 1. The molecule has 0 aromatic carbocycles. The van der Waals surface area contributed by atoms with E-state index in [0.717, 1.165) is 5.56 Å². The van der Waals surface area contributed by atoms with Crippen molar-refractivity contribution in [3.05, 3.63) is 57.6 Å². The van der Waals surface area contributed by atoms with E-state index in [1.807, 2.05) is 25.9 Å². The molecule has 140 valence electrons. The fourth-order valence-electron chi connectivity index (χ4n) is 2.82. The summed E-state index contributed by atoms with van der Waals surface area (Å²) in [5, 5.41) is 2.81. The van der Waals surface area contributed by atoms with Gasteiger partial charge in [-0.3, -0.25) is 9.59 Å². The van der Waals surface area contributed by atoms with E-state index in [1.54, 1.807) is 42.1 Å². The second-order valence-electron chi connectivity index (χ2n) is 6.59. The average Bonchev–Trinajstić information content (AvgIpc) is 2.59. The third-order valence-electron chi connectivity index (χ3n) is 4.12. The van der Waals surface area contributed by atoms with Gasteiger partial charge in [0.1, 0.15) is 5.56 Å². The largest absolute Gasteiger partial charge is 0.481 e. The summed E-state index contributed by atoms with van der Waals surface area (Å²) in [6.45, 7) is 4.73. The minimum atomic E-state index is -0.380. The van der Waals surface area contributed by atoms with Gasteiger partial charge in [0.15, 0.2) is 0 Å². The van der Waals surface area contributed by atoms with Crippen molar-refractivity contribution in [3.63, 3.8) is 0 Å². The fourth-order valence-corrected chi connectivity index (χ4v) is 2.82. The summed E-state index contributed by atoms with van der Waals surface area (Å²) >= 11 is 0. The van der Waals surface area contributed by atoms with Crippen LogP contribution in [0.25, 0.3) is 0 Å². The Morgan fingerprint density at radius 3 is 2.77 bits per heavy atom. The van der Waals surface area contributed by atoms with Crippen LogP contribution in [0.1, 0.15) is 34.5 Å². The molecule has 26 heavy (non-hydrogen) atoms. The molecule has 0 aliphatic heterocycles. The zero-order valence-corrected chi connectivity index (χ0v) is 15.9. The van der Waals surface area contributed by atoms with Gasteiger partial charge in [0.05, 0.1) is 7.11 Å². The lowest BCUT2D eigenvalue weighted by atomic mass is 10.1. The molecular formula is C19H26N4O3. The number of nitrogens with zero attached hydrogens (tertiary/aromatic N) is 3. The van der Waals surface area contributed by atoms with Crippen LogP contribution in [0.2, 0.25) is 0 Å². The van der Waals surface area contributed by atoms with Gasteiger partial charge in [-0.2, -0.15) is 0 Å². The van der Waals surface area contributed by atoms with Crippen LogP contribution >= 0.6 is 0 Å². The molecule has 2 rings (SSSR count). The van der Waals surface area contributed by atoms with Gasteiger partial charge in [0.2, 0.25) is 5.88 Å². The van der Waals surface area contributed by atoms with E-state index in [-0.39, 0.29) is 23.1 Å². The van der Waals surface area contributed by atoms with Gasteiger partial charge in [-0.25, -0.2) is 4.98 Å². The first-order chi connectivity index (χ1) is 12.3. The molecule has 2 heterocycles. The summed E-state index contributed by atoms with van der Waals surface area (Å²) in [6, 6.07) is 5.31. The van der Waals surface area contributed by atoms with Gasteiger partial charge < -0.3 is 19.5 Å². The lowest BCUT2D eigenvalue weighted by Crippen LogP contribution is -2.36. The van der Waals surface area contributed by atoms with Crippen LogP contribution in [0, 0.1) is 6.92 Å². The molecule has 0 aliphatic rings. The number of aromatic nitrogens is 2. The van der Waals surface area contributed by atoms with E-state index in [1.165, 1.54) is 7.11 Å². The van der Waals surface area contributed by atoms with Crippen molar-refractivity contribution >= 4 is 5.91 Å². The maximum absolute atomic E-state index is 12.8. The molecule has 1 unspecified atom stereocenters. The van der Waals surface area contributed by atoms with Crippen molar-refractivity contribution in [2.24, 2.45) is 0 Å². The van der Waals surface area contributed by atoms with Gasteiger partial charge in [0.25, 0.3) is 11.5 Å². The van der Waals surface area contributed by atoms with Crippen molar-refractivity contribution in [1.29, 1.82) is 0 Å². The maximum atomic E-state index is 12.8. The molecule has 7 nitrogen and oxygen atoms in total. The van der Waals surface area contributed by atoms with Gasteiger partial charge in [0, 0.05) is 37.6 Å². The molecule has 1 amide bonds.